The maximum Gasteiger partial charge on any atom is 0.325 e. The molecule has 8 heteroatoms. The second-order valence-corrected chi connectivity index (χ2v) is 10.3. The fourth-order valence-electron chi connectivity index (χ4n) is 5.78. The molecule has 2 aromatic rings. The molecule has 0 radical (unpaired) electrons. The number of likely N-dealkylation sites (tertiary alicyclic amines) is 1. The zero-order valence-electron chi connectivity index (χ0n) is 21.4. The fourth-order valence-corrected chi connectivity index (χ4v) is 5.78. The third-order valence-electron chi connectivity index (χ3n) is 7.70. The maximum absolute atomic E-state index is 14.2. The summed E-state index contributed by atoms with van der Waals surface area (Å²) in [5, 5.41) is 10.1. The summed E-state index contributed by atoms with van der Waals surface area (Å²) in [6, 6.07) is 7.76. The molecule has 1 unspecified atom stereocenters. The summed E-state index contributed by atoms with van der Waals surface area (Å²) in [7, 11) is 0. The van der Waals surface area contributed by atoms with Crippen molar-refractivity contribution in [3.8, 4) is 0 Å². The minimum absolute atomic E-state index is 0.0324. The van der Waals surface area contributed by atoms with E-state index >= 15 is 0 Å². The van der Waals surface area contributed by atoms with E-state index in [0.29, 0.717) is 50.6 Å². The van der Waals surface area contributed by atoms with E-state index in [2.05, 4.69) is 12.1 Å². The van der Waals surface area contributed by atoms with Gasteiger partial charge in [-0.15, -0.1) is 0 Å². The van der Waals surface area contributed by atoms with Gasteiger partial charge in [-0.2, -0.15) is 0 Å². The molecule has 1 aromatic heterocycles. The van der Waals surface area contributed by atoms with Crippen LogP contribution < -0.4 is 0 Å². The highest BCUT2D eigenvalue weighted by molar-refractivity contribution is 5.76. The van der Waals surface area contributed by atoms with Gasteiger partial charge >= 0.3 is 5.97 Å². The monoisotopic (exact) mass is 512 g/mol. The first-order valence-electron chi connectivity index (χ1n) is 13.6. The van der Waals surface area contributed by atoms with Crippen molar-refractivity contribution < 1.29 is 28.5 Å². The molecule has 1 N–H and O–H groups in total. The molecule has 2 saturated heterocycles. The highest BCUT2D eigenvalue weighted by Gasteiger charge is 2.37. The van der Waals surface area contributed by atoms with Gasteiger partial charge in [-0.25, -0.2) is 4.39 Å². The number of nitrogens with zero attached hydrogens (tertiary/aromatic N) is 2. The van der Waals surface area contributed by atoms with Crippen LogP contribution in [0.5, 0.6) is 0 Å². The predicted octanol–water partition coefficient (Wildman–Crippen LogP) is 4.43. The van der Waals surface area contributed by atoms with E-state index < -0.39 is 23.9 Å². The number of carbonyl (C=O) groups is 1. The van der Waals surface area contributed by atoms with Crippen LogP contribution in [0.2, 0.25) is 0 Å². The van der Waals surface area contributed by atoms with Crippen LogP contribution in [0.25, 0.3) is 0 Å². The van der Waals surface area contributed by atoms with Gasteiger partial charge in [0, 0.05) is 31.1 Å². The molecule has 200 valence electrons. The lowest BCUT2D eigenvalue weighted by molar-refractivity contribution is -0.143. The highest BCUT2D eigenvalue weighted by atomic mass is 19.1. The van der Waals surface area contributed by atoms with Gasteiger partial charge in [-0.3, -0.25) is 14.7 Å². The van der Waals surface area contributed by atoms with Gasteiger partial charge in [0.05, 0.1) is 25.9 Å². The van der Waals surface area contributed by atoms with Crippen molar-refractivity contribution in [2.45, 2.75) is 69.6 Å². The molecule has 0 bridgehead atoms. The SMILES string of the molecule is O=C(O)[C@H](c1cc(F)ccc1C1COCCO1)N1CC[C@@H](OCCCCc2ccc3c(n2)CCCC3)C1. The van der Waals surface area contributed by atoms with Crippen molar-refractivity contribution >= 4 is 5.97 Å². The summed E-state index contributed by atoms with van der Waals surface area (Å²) in [6.45, 7) is 2.99. The summed E-state index contributed by atoms with van der Waals surface area (Å²) in [5.41, 5.74) is 4.96. The Bertz CT molecular complexity index is 1070. The molecule has 0 spiro atoms. The van der Waals surface area contributed by atoms with Crippen LogP contribution in [-0.2, 0) is 38.3 Å². The van der Waals surface area contributed by atoms with Crippen molar-refractivity contribution in [1.82, 2.24) is 9.88 Å². The highest BCUT2D eigenvalue weighted by Crippen LogP contribution is 2.34. The smallest absolute Gasteiger partial charge is 0.325 e. The number of fused-ring (bicyclic) bond motifs is 1. The number of hydrogen-bond acceptors (Lipinski definition) is 6. The van der Waals surface area contributed by atoms with Crippen molar-refractivity contribution in [2.75, 3.05) is 39.5 Å². The minimum Gasteiger partial charge on any atom is -0.480 e. The molecule has 7 nitrogen and oxygen atoms in total. The van der Waals surface area contributed by atoms with Gasteiger partial charge in [0.2, 0.25) is 0 Å². The van der Waals surface area contributed by atoms with E-state index in [-0.39, 0.29) is 6.10 Å². The average Bonchev–Trinajstić information content (AvgIpc) is 3.37. The Kier molecular flexibility index (Phi) is 8.81. The second kappa shape index (κ2) is 12.4. The summed E-state index contributed by atoms with van der Waals surface area (Å²) >= 11 is 0. The largest absolute Gasteiger partial charge is 0.480 e. The molecule has 37 heavy (non-hydrogen) atoms. The molecule has 3 atom stereocenters. The molecule has 3 heterocycles. The number of rotatable bonds is 10. The molecule has 1 aromatic carbocycles. The van der Waals surface area contributed by atoms with Crippen LogP contribution >= 0.6 is 0 Å². The zero-order chi connectivity index (χ0) is 25.6. The first-order chi connectivity index (χ1) is 18.1. The number of carboxylic acid groups (broad SMARTS) is 1. The van der Waals surface area contributed by atoms with Crippen LogP contribution in [0, 0.1) is 5.82 Å². The Morgan fingerprint density at radius 2 is 2.08 bits per heavy atom. The van der Waals surface area contributed by atoms with Crippen LogP contribution in [-0.4, -0.2) is 66.6 Å². The molecule has 5 rings (SSSR count). The zero-order valence-corrected chi connectivity index (χ0v) is 21.4. The minimum atomic E-state index is -0.998. The van der Waals surface area contributed by atoms with E-state index in [0.717, 1.165) is 44.2 Å². The third kappa shape index (κ3) is 6.55. The van der Waals surface area contributed by atoms with Crippen LogP contribution in [0.3, 0.4) is 0 Å². The van der Waals surface area contributed by atoms with E-state index in [9.17, 15) is 14.3 Å². The van der Waals surface area contributed by atoms with E-state index in [4.69, 9.17) is 19.2 Å². The van der Waals surface area contributed by atoms with Gasteiger partial charge in [0.25, 0.3) is 0 Å². The van der Waals surface area contributed by atoms with Crippen LogP contribution in [0.1, 0.15) is 72.3 Å². The van der Waals surface area contributed by atoms with E-state index in [1.165, 1.54) is 36.2 Å². The molecular weight excluding hydrogens is 475 g/mol. The van der Waals surface area contributed by atoms with Crippen molar-refractivity contribution in [1.29, 1.82) is 0 Å². The lowest BCUT2D eigenvalue weighted by atomic mass is 9.95. The molecular formula is C29H37FN2O5. The fraction of sp³-hybridized carbons (Fsp3) is 0.586. The first kappa shape index (κ1) is 26.2. The molecule has 0 saturated carbocycles. The molecule has 2 fully saturated rings. The number of unbranched alkanes of at least 4 members (excludes halogenated alkanes) is 1. The first-order valence-corrected chi connectivity index (χ1v) is 13.6. The Morgan fingerprint density at radius 3 is 2.92 bits per heavy atom. The van der Waals surface area contributed by atoms with Gasteiger partial charge in [0.15, 0.2) is 0 Å². The van der Waals surface area contributed by atoms with E-state index in [1.807, 2.05) is 4.90 Å². The van der Waals surface area contributed by atoms with Gasteiger partial charge in [-0.05, 0) is 86.3 Å². The molecule has 1 aliphatic carbocycles. The predicted molar refractivity (Wildman–Crippen MR) is 136 cm³/mol. The standard InChI is InChI=1S/C29H37FN2O5/c30-21-9-11-24(27-19-35-15-16-37-27)25(17-21)28(29(33)34)32-13-12-23(18-32)36-14-4-3-6-22-10-8-20-5-1-2-7-26(20)31-22/h8-11,17,23,27-28H,1-7,12-16,18-19H2,(H,33,34)/t23-,27?,28+/m1/s1. The Hall–Kier alpha value is -2.39. The number of aromatic nitrogens is 1. The van der Waals surface area contributed by atoms with Gasteiger partial charge in [-0.1, -0.05) is 12.1 Å². The number of ether oxygens (including phenoxy) is 3. The quantitative estimate of drug-likeness (QED) is 0.472. The van der Waals surface area contributed by atoms with Gasteiger partial charge < -0.3 is 19.3 Å². The number of aliphatic carboxylic acids is 1. The maximum atomic E-state index is 14.2. The van der Waals surface area contributed by atoms with Crippen LogP contribution in [0.4, 0.5) is 4.39 Å². The van der Waals surface area contributed by atoms with Crippen LogP contribution in [0.15, 0.2) is 30.3 Å². The number of hydrogen-bond donors (Lipinski definition) is 1. The summed E-state index contributed by atoms with van der Waals surface area (Å²) in [4.78, 5) is 19.1. The summed E-state index contributed by atoms with van der Waals surface area (Å²) < 4.78 is 31.7. The Labute approximate surface area is 217 Å². The van der Waals surface area contributed by atoms with Crippen molar-refractivity contribution in [2.24, 2.45) is 0 Å². The number of benzene rings is 1. The Balaban J connectivity index is 1.13. The Morgan fingerprint density at radius 1 is 1.19 bits per heavy atom. The number of carboxylic acids is 1. The normalized spacial score (nSPS) is 23.1. The lowest BCUT2D eigenvalue weighted by Crippen LogP contribution is -2.35. The summed E-state index contributed by atoms with van der Waals surface area (Å²) in [6.07, 6.45) is 7.97. The van der Waals surface area contributed by atoms with Crippen molar-refractivity contribution in [3.63, 3.8) is 0 Å². The molecule has 2 aliphatic heterocycles. The topological polar surface area (TPSA) is 81.1 Å². The number of halogens is 1. The number of pyridine rings is 1. The van der Waals surface area contributed by atoms with Gasteiger partial charge in [0.1, 0.15) is 18.0 Å². The van der Waals surface area contributed by atoms with E-state index in [1.54, 1.807) is 6.07 Å². The molecule has 3 aliphatic rings. The van der Waals surface area contributed by atoms with Crippen molar-refractivity contribution in [3.05, 3.63) is 64.2 Å². The lowest BCUT2D eigenvalue weighted by Gasteiger charge is -2.30. The number of aryl methyl sites for hydroxylation is 3. The average molecular weight is 513 g/mol. The third-order valence-corrected chi connectivity index (χ3v) is 7.70. The summed E-state index contributed by atoms with van der Waals surface area (Å²) in [5.74, 6) is -1.45. The molecule has 0 amide bonds. The second-order valence-electron chi connectivity index (χ2n) is 10.3.